The molecule has 228 valence electrons. The normalized spacial score (nSPS) is 15.7. The SMILES string of the molecule is CCCCCCCCC/C=C\CCCCCCCCCOC[C@H](COP(=O)([O-])C(CCC)[N+](C)(C)C)OC. The molecule has 38 heavy (non-hydrogen) atoms. The third kappa shape index (κ3) is 21.6. The molecule has 0 heterocycles. The first-order valence-corrected chi connectivity index (χ1v) is 17.3. The summed E-state index contributed by atoms with van der Waals surface area (Å²) in [5, 5.41) is 0. The summed E-state index contributed by atoms with van der Waals surface area (Å²) in [7, 11) is 3.24. The van der Waals surface area contributed by atoms with Crippen LogP contribution in [0.4, 0.5) is 0 Å². The summed E-state index contributed by atoms with van der Waals surface area (Å²) in [4.78, 5) is 12.7. The Morgan fingerprint density at radius 2 is 1.24 bits per heavy atom. The van der Waals surface area contributed by atoms with E-state index in [4.69, 9.17) is 14.0 Å². The maximum absolute atomic E-state index is 12.7. The van der Waals surface area contributed by atoms with Crippen LogP contribution in [0.3, 0.4) is 0 Å². The van der Waals surface area contributed by atoms with Crippen molar-refractivity contribution in [3.8, 4) is 0 Å². The van der Waals surface area contributed by atoms with Crippen molar-refractivity contribution >= 4 is 7.60 Å². The fraction of sp³-hybridized carbons (Fsp3) is 0.935. The number of hydrogen-bond donors (Lipinski definition) is 0. The fourth-order valence-electron chi connectivity index (χ4n) is 4.71. The van der Waals surface area contributed by atoms with Crippen molar-refractivity contribution in [3.05, 3.63) is 12.2 Å². The van der Waals surface area contributed by atoms with Gasteiger partial charge in [0, 0.05) is 20.1 Å². The van der Waals surface area contributed by atoms with Crippen LogP contribution in [0.25, 0.3) is 0 Å². The highest BCUT2D eigenvalue weighted by atomic mass is 31.2. The van der Waals surface area contributed by atoms with Crippen molar-refractivity contribution in [2.24, 2.45) is 0 Å². The minimum absolute atomic E-state index is 0.00576. The van der Waals surface area contributed by atoms with E-state index in [1.54, 1.807) is 7.11 Å². The summed E-state index contributed by atoms with van der Waals surface area (Å²) in [5.74, 6) is -0.554. The van der Waals surface area contributed by atoms with Gasteiger partial charge in [0.15, 0.2) is 13.4 Å². The molecule has 0 bridgehead atoms. The highest BCUT2D eigenvalue weighted by Crippen LogP contribution is 2.48. The molecule has 0 radical (unpaired) electrons. The molecule has 3 atom stereocenters. The Kier molecular flexibility index (Phi) is 24.4. The van der Waals surface area contributed by atoms with Crippen LogP contribution in [0.15, 0.2) is 12.2 Å². The van der Waals surface area contributed by atoms with Crippen molar-refractivity contribution in [2.45, 2.75) is 141 Å². The van der Waals surface area contributed by atoms with Crippen molar-refractivity contribution < 1.29 is 27.9 Å². The maximum Gasteiger partial charge on any atom is 0.193 e. The second kappa shape index (κ2) is 24.6. The number of nitrogens with zero attached hydrogens (tertiary/aromatic N) is 1. The van der Waals surface area contributed by atoms with Crippen molar-refractivity contribution in [1.82, 2.24) is 0 Å². The predicted octanol–water partition coefficient (Wildman–Crippen LogP) is 8.24. The second-order valence-corrected chi connectivity index (χ2v) is 13.7. The van der Waals surface area contributed by atoms with Crippen LogP contribution in [0.1, 0.15) is 129 Å². The van der Waals surface area contributed by atoms with Gasteiger partial charge < -0.3 is 27.9 Å². The van der Waals surface area contributed by atoms with E-state index in [-0.39, 0.29) is 12.7 Å². The van der Waals surface area contributed by atoms with Crippen LogP contribution < -0.4 is 4.89 Å². The number of methoxy groups -OCH3 is 1. The molecule has 0 N–H and O–H groups in total. The monoisotopic (exact) mass is 561 g/mol. The van der Waals surface area contributed by atoms with E-state index >= 15 is 0 Å². The molecule has 0 spiro atoms. The molecule has 0 aliphatic heterocycles. The predicted molar refractivity (Wildman–Crippen MR) is 161 cm³/mol. The minimum atomic E-state index is -4.01. The quantitative estimate of drug-likeness (QED) is 0.0416. The first-order chi connectivity index (χ1) is 18.2. The second-order valence-electron chi connectivity index (χ2n) is 11.8. The number of quaternary nitrogens is 1. The van der Waals surface area contributed by atoms with Gasteiger partial charge in [-0.1, -0.05) is 96.6 Å². The lowest BCUT2D eigenvalue weighted by Gasteiger charge is -2.41. The smallest absolute Gasteiger partial charge is 0.193 e. The molecular weight excluding hydrogens is 497 g/mol. The zero-order chi connectivity index (χ0) is 28.5. The van der Waals surface area contributed by atoms with Crippen LogP contribution in [0.2, 0.25) is 0 Å². The molecule has 2 unspecified atom stereocenters. The molecule has 0 aromatic rings. The summed E-state index contributed by atoms with van der Waals surface area (Å²) >= 11 is 0. The zero-order valence-electron chi connectivity index (χ0n) is 26.1. The molecule has 0 amide bonds. The average Bonchev–Trinajstić information content (AvgIpc) is 2.87. The maximum atomic E-state index is 12.7. The van der Waals surface area contributed by atoms with E-state index in [1.165, 1.54) is 96.3 Å². The summed E-state index contributed by atoms with van der Waals surface area (Å²) in [6, 6.07) is 0. The van der Waals surface area contributed by atoms with Gasteiger partial charge in [0.2, 0.25) is 0 Å². The highest BCUT2D eigenvalue weighted by molar-refractivity contribution is 7.51. The Morgan fingerprint density at radius 1 is 0.737 bits per heavy atom. The summed E-state index contributed by atoms with van der Waals surface area (Å²) < 4.78 is 29.6. The van der Waals surface area contributed by atoms with Crippen molar-refractivity contribution in [1.29, 1.82) is 0 Å². The highest BCUT2D eigenvalue weighted by Gasteiger charge is 2.35. The van der Waals surface area contributed by atoms with Gasteiger partial charge in [-0.3, -0.25) is 0 Å². The van der Waals surface area contributed by atoms with Gasteiger partial charge in [-0.25, -0.2) is 0 Å². The van der Waals surface area contributed by atoms with E-state index in [9.17, 15) is 9.46 Å². The van der Waals surface area contributed by atoms with E-state index in [2.05, 4.69) is 19.1 Å². The third-order valence-corrected chi connectivity index (χ3v) is 9.37. The van der Waals surface area contributed by atoms with Crippen LogP contribution in [0, 0.1) is 0 Å². The van der Waals surface area contributed by atoms with E-state index < -0.39 is 13.4 Å². The summed E-state index contributed by atoms with van der Waals surface area (Å²) in [5.41, 5.74) is 0. The Bertz CT molecular complexity index is 593. The number of hydrogen-bond acceptors (Lipinski definition) is 5. The van der Waals surface area contributed by atoms with E-state index in [0.29, 0.717) is 24.1 Å². The first-order valence-electron chi connectivity index (χ1n) is 15.7. The molecule has 6 nitrogen and oxygen atoms in total. The van der Waals surface area contributed by atoms with Crippen LogP contribution in [-0.2, 0) is 18.6 Å². The van der Waals surface area contributed by atoms with Gasteiger partial charge >= 0.3 is 0 Å². The Morgan fingerprint density at radius 3 is 1.71 bits per heavy atom. The zero-order valence-corrected chi connectivity index (χ0v) is 27.0. The topological polar surface area (TPSA) is 67.8 Å². The number of rotatable bonds is 28. The van der Waals surface area contributed by atoms with E-state index in [1.807, 2.05) is 28.1 Å². The molecule has 0 aromatic carbocycles. The standard InChI is InChI=1S/C31H64NO5P/c1-7-9-10-11-12-13-14-15-16-17-18-19-20-21-22-23-24-25-27-36-28-30(35-6)29-37-38(33,34)31(26-8-2)32(3,4)5/h16-17,30-31H,7-15,18-29H2,1-6H3/b17-16-/t30-,31?/m1/s1. The van der Waals surface area contributed by atoms with Gasteiger partial charge in [0.1, 0.15) is 6.10 Å². The minimum Gasteiger partial charge on any atom is -0.774 e. The van der Waals surface area contributed by atoms with Crippen molar-refractivity contribution in [2.75, 3.05) is 48.1 Å². The summed E-state index contributed by atoms with van der Waals surface area (Å²) in [6.07, 6.45) is 26.6. The average molecular weight is 562 g/mol. The van der Waals surface area contributed by atoms with Gasteiger partial charge in [0.25, 0.3) is 0 Å². The van der Waals surface area contributed by atoms with Gasteiger partial charge in [0.05, 0.1) is 34.4 Å². The largest absolute Gasteiger partial charge is 0.774 e. The fourth-order valence-corrected chi connectivity index (χ4v) is 6.67. The number of allylic oxidation sites excluding steroid dienone is 2. The molecular formula is C31H64NO5P. The van der Waals surface area contributed by atoms with E-state index in [0.717, 1.165) is 12.8 Å². The molecule has 0 aliphatic rings. The van der Waals surface area contributed by atoms with Crippen LogP contribution in [0.5, 0.6) is 0 Å². The molecule has 0 saturated carbocycles. The van der Waals surface area contributed by atoms with Crippen LogP contribution >= 0.6 is 7.60 Å². The lowest BCUT2D eigenvalue weighted by atomic mass is 10.1. The molecule has 0 rings (SSSR count). The lowest BCUT2D eigenvalue weighted by molar-refractivity contribution is -0.884. The number of ether oxygens (including phenoxy) is 2. The third-order valence-electron chi connectivity index (χ3n) is 7.18. The molecule has 0 fully saturated rings. The van der Waals surface area contributed by atoms with Gasteiger partial charge in [-0.15, -0.1) is 0 Å². The lowest BCUT2D eigenvalue weighted by Crippen LogP contribution is -2.47. The molecule has 0 aromatic heterocycles. The number of unbranched alkanes of at least 4 members (excludes halogenated alkanes) is 14. The molecule has 0 saturated heterocycles. The first kappa shape index (κ1) is 37.8. The van der Waals surface area contributed by atoms with Gasteiger partial charge in [-0.2, -0.15) is 0 Å². The van der Waals surface area contributed by atoms with Crippen molar-refractivity contribution in [3.63, 3.8) is 0 Å². The van der Waals surface area contributed by atoms with Gasteiger partial charge in [-0.05, 0) is 38.5 Å². The molecule has 0 aliphatic carbocycles. The summed E-state index contributed by atoms with van der Waals surface area (Å²) in [6.45, 7) is 5.30. The Balaban J connectivity index is 3.69. The molecule has 7 heteroatoms. The Labute approximate surface area is 237 Å². The van der Waals surface area contributed by atoms with Crippen LogP contribution in [-0.4, -0.2) is 64.4 Å². The Hall–Kier alpha value is -0.230.